The molecule has 0 saturated heterocycles. The van der Waals surface area contributed by atoms with E-state index in [-0.39, 0.29) is 6.04 Å². The molecular weight excluding hydrogens is 270 g/mol. The van der Waals surface area contributed by atoms with Gasteiger partial charge in [-0.2, -0.15) is 0 Å². The quantitative estimate of drug-likeness (QED) is 0.445. The second-order valence-electron chi connectivity index (χ2n) is 4.32. The van der Waals surface area contributed by atoms with E-state index in [1.165, 1.54) is 5.06 Å². The molecule has 0 saturated carbocycles. The average Bonchev–Trinajstić information content (AvgIpc) is 3.04. The van der Waals surface area contributed by atoms with Crippen LogP contribution in [-0.4, -0.2) is 64.2 Å². The number of hydroxylamine groups is 2. The molecule has 7 heteroatoms. The summed E-state index contributed by atoms with van der Waals surface area (Å²) in [5.41, 5.74) is 0.963. The number of likely N-dealkylation sites (N-methyl/N-ethyl adjacent to an activating group) is 1. The highest BCUT2D eigenvalue weighted by Crippen LogP contribution is 2.16. The Balaban J connectivity index is 0.00000106. The Morgan fingerprint density at radius 3 is 2.90 bits per heavy atom. The summed E-state index contributed by atoms with van der Waals surface area (Å²) in [6, 6.07) is -0.157. The van der Waals surface area contributed by atoms with Gasteiger partial charge in [-0.25, -0.2) is 9.75 Å². The molecule has 0 N–H and O–H groups in total. The molecule has 2 heterocycles. The third-order valence-electron chi connectivity index (χ3n) is 2.80. The van der Waals surface area contributed by atoms with Crippen molar-refractivity contribution in [1.29, 1.82) is 0 Å². The molecule has 0 aromatic carbocycles. The third kappa shape index (κ3) is 4.80. The molecular formula is C14H23N5O2. The second kappa shape index (κ2) is 9.04. The summed E-state index contributed by atoms with van der Waals surface area (Å²) in [7, 11) is 1.98. The molecule has 1 aliphatic rings. The van der Waals surface area contributed by atoms with Crippen molar-refractivity contribution in [2.45, 2.75) is 19.9 Å². The highest BCUT2D eigenvalue weighted by Gasteiger charge is 2.24. The van der Waals surface area contributed by atoms with E-state index >= 15 is 0 Å². The Bertz CT molecular complexity index is 458. The Hall–Kier alpha value is -1.99. The molecule has 1 amide bonds. The van der Waals surface area contributed by atoms with Crippen LogP contribution in [0, 0.1) is 0 Å². The lowest BCUT2D eigenvalue weighted by Gasteiger charge is -2.33. The van der Waals surface area contributed by atoms with Crippen LogP contribution in [-0.2, 0) is 9.63 Å². The Kier molecular flexibility index (Phi) is 7.34. The molecule has 1 aromatic heterocycles. The van der Waals surface area contributed by atoms with Gasteiger partial charge in [-0.1, -0.05) is 25.1 Å². The maximum absolute atomic E-state index is 11.1. The monoisotopic (exact) mass is 293 g/mol. The lowest BCUT2D eigenvalue weighted by Crippen LogP contribution is -2.45. The fourth-order valence-electron chi connectivity index (χ4n) is 2.00. The van der Waals surface area contributed by atoms with E-state index in [1.807, 2.05) is 27.0 Å². The smallest absolute Gasteiger partial charge is 0.233 e. The number of hydrogen-bond acceptors (Lipinski definition) is 5. The summed E-state index contributed by atoms with van der Waals surface area (Å²) >= 11 is 0. The van der Waals surface area contributed by atoms with Crippen LogP contribution in [0.3, 0.4) is 0 Å². The van der Waals surface area contributed by atoms with Crippen LogP contribution in [0.15, 0.2) is 31.1 Å². The van der Waals surface area contributed by atoms with E-state index in [0.717, 1.165) is 12.2 Å². The van der Waals surface area contributed by atoms with Crippen molar-refractivity contribution >= 4 is 12.1 Å². The highest BCUT2D eigenvalue weighted by atomic mass is 16.7. The number of carbonyl (C=O) groups is 1. The minimum Gasteiger partial charge on any atom is -0.298 e. The van der Waals surface area contributed by atoms with E-state index in [0.29, 0.717) is 19.6 Å². The van der Waals surface area contributed by atoms with Gasteiger partial charge in [-0.15, -0.1) is 11.7 Å². The first kappa shape index (κ1) is 17.1. The van der Waals surface area contributed by atoms with Gasteiger partial charge in [-0.05, 0) is 13.1 Å². The van der Waals surface area contributed by atoms with Crippen LogP contribution in [0.4, 0.5) is 0 Å². The summed E-state index contributed by atoms with van der Waals surface area (Å²) in [6.45, 7) is 9.31. The maximum atomic E-state index is 11.1. The first-order valence-electron chi connectivity index (χ1n) is 6.98. The summed E-state index contributed by atoms with van der Waals surface area (Å²) in [5, 5.41) is 9.05. The third-order valence-corrected chi connectivity index (χ3v) is 2.80. The van der Waals surface area contributed by atoms with Crippen molar-refractivity contribution in [2.24, 2.45) is 0 Å². The summed E-state index contributed by atoms with van der Waals surface area (Å²) in [4.78, 5) is 18.5. The molecule has 21 heavy (non-hydrogen) atoms. The van der Waals surface area contributed by atoms with Crippen molar-refractivity contribution in [3.05, 3.63) is 31.1 Å². The molecule has 0 fully saturated rings. The van der Waals surface area contributed by atoms with E-state index < -0.39 is 0 Å². The van der Waals surface area contributed by atoms with Gasteiger partial charge in [0, 0.05) is 13.1 Å². The van der Waals surface area contributed by atoms with E-state index in [2.05, 4.69) is 21.8 Å². The number of hydrogen-bond donors (Lipinski definition) is 0. The first-order valence-corrected chi connectivity index (χ1v) is 6.98. The van der Waals surface area contributed by atoms with Gasteiger partial charge in [0.05, 0.1) is 30.7 Å². The van der Waals surface area contributed by atoms with E-state index in [9.17, 15) is 4.79 Å². The van der Waals surface area contributed by atoms with Crippen LogP contribution in [0.1, 0.15) is 13.8 Å². The number of rotatable bonds is 6. The van der Waals surface area contributed by atoms with E-state index in [4.69, 9.17) is 4.84 Å². The van der Waals surface area contributed by atoms with Crippen LogP contribution < -0.4 is 0 Å². The van der Waals surface area contributed by atoms with Gasteiger partial charge in [0.25, 0.3) is 0 Å². The maximum Gasteiger partial charge on any atom is 0.233 e. The van der Waals surface area contributed by atoms with Crippen LogP contribution in [0.2, 0.25) is 0 Å². The molecule has 1 aromatic rings. The zero-order valence-electron chi connectivity index (χ0n) is 12.8. The molecule has 116 valence electrons. The predicted octanol–water partition coefficient (Wildman–Crippen LogP) is 1.04. The molecule has 0 spiro atoms. The van der Waals surface area contributed by atoms with Crippen LogP contribution >= 0.6 is 0 Å². The summed E-state index contributed by atoms with van der Waals surface area (Å²) in [6.07, 6.45) is 7.65. The Morgan fingerprint density at radius 1 is 1.57 bits per heavy atom. The standard InChI is InChI=1S/C12H17N5O2.C2H6/c1-3-6-19-17(10-18)12-7-11(8-15(2)9-12)16-5-4-13-14-16;1-2/h3-5,7,10,12H,1,6,8-9H2,2H3;1-2H3. The summed E-state index contributed by atoms with van der Waals surface area (Å²) in [5.74, 6) is 0. The van der Waals surface area contributed by atoms with Gasteiger partial charge >= 0.3 is 0 Å². The van der Waals surface area contributed by atoms with Crippen molar-refractivity contribution in [2.75, 3.05) is 26.7 Å². The first-order chi connectivity index (χ1) is 10.2. The molecule has 1 atom stereocenters. The predicted molar refractivity (Wildman–Crippen MR) is 81.0 cm³/mol. The molecule has 0 bridgehead atoms. The summed E-state index contributed by atoms with van der Waals surface area (Å²) < 4.78 is 1.69. The number of aromatic nitrogens is 3. The largest absolute Gasteiger partial charge is 0.298 e. The van der Waals surface area contributed by atoms with Gasteiger partial charge in [-0.3, -0.25) is 14.5 Å². The zero-order valence-corrected chi connectivity index (χ0v) is 12.8. The second-order valence-corrected chi connectivity index (χ2v) is 4.32. The van der Waals surface area contributed by atoms with Crippen molar-refractivity contribution in [1.82, 2.24) is 25.0 Å². The van der Waals surface area contributed by atoms with Gasteiger partial charge < -0.3 is 0 Å². The Morgan fingerprint density at radius 2 is 2.33 bits per heavy atom. The zero-order chi connectivity index (χ0) is 15.7. The number of carbonyl (C=O) groups excluding carboxylic acids is 1. The van der Waals surface area contributed by atoms with Crippen molar-refractivity contribution in [3.63, 3.8) is 0 Å². The van der Waals surface area contributed by atoms with Gasteiger partial charge in [0.2, 0.25) is 6.41 Å². The fraction of sp³-hybridized carbons (Fsp3) is 0.500. The minimum atomic E-state index is -0.157. The fourth-order valence-corrected chi connectivity index (χ4v) is 2.00. The lowest BCUT2D eigenvalue weighted by atomic mass is 10.1. The lowest BCUT2D eigenvalue weighted by molar-refractivity contribution is -0.177. The molecule has 0 radical (unpaired) electrons. The molecule has 2 rings (SSSR count). The number of nitrogens with zero attached hydrogens (tertiary/aromatic N) is 5. The van der Waals surface area contributed by atoms with Crippen LogP contribution in [0.5, 0.6) is 0 Å². The van der Waals surface area contributed by atoms with E-state index in [1.54, 1.807) is 23.2 Å². The topological polar surface area (TPSA) is 63.5 Å². The molecule has 1 aliphatic heterocycles. The SMILES string of the molecule is C=CCON(C=O)C1C=C(n2ccnn2)CN(C)C1.CC. The average molecular weight is 293 g/mol. The van der Waals surface area contributed by atoms with Crippen molar-refractivity contribution < 1.29 is 9.63 Å². The molecule has 0 aliphatic carbocycles. The Labute approximate surface area is 125 Å². The van der Waals surface area contributed by atoms with Crippen molar-refractivity contribution in [3.8, 4) is 0 Å². The van der Waals surface area contributed by atoms with Crippen LogP contribution in [0.25, 0.3) is 5.70 Å². The van der Waals surface area contributed by atoms with Gasteiger partial charge in [0.1, 0.15) is 0 Å². The number of amides is 1. The normalized spacial score (nSPS) is 18.2. The molecule has 1 unspecified atom stereocenters. The van der Waals surface area contributed by atoms with Gasteiger partial charge in [0.15, 0.2) is 0 Å². The minimum absolute atomic E-state index is 0.157. The molecule has 7 nitrogen and oxygen atoms in total. The highest BCUT2D eigenvalue weighted by molar-refractivity contribution is 5.52.